The lowest BCUT2D eigenvalue weighted by Crippen LogP contribution is -2.39. The molecule has 0 amide bonds. The molecule has 1 fully saturated rings. The van der Waals surface area contributed by atoms with Crippen LogP contribution in [0.25, 0.3) is 0 Å². The van der Waals surface area contributed by atoms with Crippen molar-refractivity contribution in [2.24, 2.45) is 0 Å². The summed E-state index contributed by atoms with van der Waals surface area (Å²) in [4.78, 5) is 12.8. The summed E-state index contributed by atoms with van der Waals surface area (Å²) in [5, 5.41) is 13.8. The van der Waals surface area contributed by atoms with Gasteiger partial charge < -0.3 is 19.9 Å². The molecule has 8 nitrogen and oxygen atoms in total. The van der Waals surface area contributed by atoms with E-state index in [-0.39, 0.29) is 0 Å². The molecule has 0 unspecified atom stereocenters. The molecule has 1 saturated heterocycles. The Bertz CT molecular complexity index is 655. The molecule has 1 aliphatic heterocycles. The van der Waals surface area contributed by atoms with Crippen LogP contribution in [0.5, 0.6) is 0 Å². The zero-order valence-corrected chi connectivity index (χ0v) is 15.1. The number of hydrogen-bond acceptors (Lipinski definition) is 9. The van der Waals surface area contributed by atoms with Gasteiger partial charge in [0.1, 0.15) is 29.6 Å². The van der Waals surface area contributed by atoms with Gasteiger partial charge in [-0.3, -0.25) is 0 Å². The van der Waals surface area contributed by atoms with Gasteiger partial charge >= 0.3 is 0 Å². The van der Waals surface area contributed by atoms with Crippen LogP contribution in [0.2, 0.25) is 0 Å². The molecule has 1 aliphatic rings. The highest BCUT2D eigenvalue weighted by atomic mass is 32.1. The second kappa shape index (κ2) is 7.71. The van der Waals surface area contributed by atoms with E-state index in [1.165, 1.54) is 0 Å². The van der Waals surface area contributed by atoms with E-state index in [0.29, 0.717) is 12.6 Å². The Morgan fingerprint density at radius 3 is 2.79 bits per heavy atom. The third-order valence-electron chi connectivity index (χ3n) is 3.95. The van der Waals surface area contributed by atoms with Crippen LogP contribution in [0.1, 0.15) is 17.8 Å². The zero-order chi connectivity index (χ0) is 16.9. The molecule has 0 spiro atoms. The number of aromatic nitrogens is 4. The number of anilines is 3. The van der Waals surface area contributed by atoms with Crippen LogP contribution >= 0.6 is 11.3 Å². The van der Waals surface area contributed by atoms with Gasteiger partial charge in [0.25, 0.3) is 0 Å². The monoisotopic (exact) mass is 349 g/mol. The fourth-order valence-electron chi connectivity index (χ4n) is 2.65. The first-order valence-electron chi connectivity index (χ1n) is 7.98. The molecule has 3 heterocycles. The molecule has 3 rings (SSSR count). The van der Waals surface area contributed by atoms with Crippen LogP contribution in [-0.4, -0.2) is 60.5 Å². The van der Waals surface area contributed by atoms with E-state index in [9.17, 15) is 0 Å². The predicted molar refractivity (Wildman–Crippen MR) is 95.8 cm³/mol. The van der Waals surface area contributed by atoms with Gasteiger partial charge in [-0.25, -0.2) is 9.97 Å². The highest BCUT2D eigenvalue weighted by molar-refractivity contribution is 7.15. The van der Waals surface area contributed by atoms with Gasteiger partial charge in [0.15, 0.2) is 0 Å². The highest BCUT2D eigenvalue weighted by Crippen LogP contribution is 2.25. The van der Waals surface area contributed by atoms with E-state index in [1.807, 2.05) is 25.1 Å². The van der Waals surface area contributed by atoms with Gasteiger partial charge in [0, 0.05) is 46.4 Å². The van der Waals surface area contributed by atoms with E-state index in [4.69, 9.17) is 4.74 Å². The summed E-state index contributed by atoms with van der Waals surface area (Å²) in [6.45, 7) is 2.45. The first-order chi connectivity index (χ1) is 11.7. The van der Waals surface area contributed by atoms with Crippen molar-refractivity contribution in [1.29, 1.82) is 0 Å². The Morgan fingerprint density at radius 2 is 2.08 bits per heavy atom. The SMILES string of the molecule is COCc1nnc(N2CCC(Nc3cc(N(C)C)ncn3)CC2)s1. The quantitative estimate of drug-likeness (QED) is 0.843. The van der Waals surface area contributed by atoms with E-state index in [0.717, 1.165) is 47.7 Å². The number of rotatable bonds is 6. The van der Waals surface area contributed by atoms with Gasteiger partial charge in [-0.2, -0.15) is 0 Å². The lowest BCUT2D eigenvalue weighted by Gasteiger charge is -2.32. The number of piperidine rings is 1. The maximum Gasteiger partial charge on any atom is 0.208 e. The predicted octanol–water partition coefficient (Wildman–Crippen LogP) is 1.62. The summed E-state index contributed by atoms with van der Waals surface area (Å²) in [7, 11) is 5.63. The molecule has 0 aliphatic carbocycles. The molecule has 2 aromatic rings. The summed E-state index contributed by atoms with van der Waals surface area (Å²) in [6.07, 6.45) is 3.69. The van der Waals surface area contributed by atoms with Crippen molar-refractivity contribution in [2.45, 2.75) is 25.5 Å². The molecular weight excluding hydrogens is 326 g/mol. The maximum absolute atomic E-state index is 5.10. The average Bonchev–Trinajstić information content (AvgIpc) is 3.05. The normalized spacial score (nSPS) is 15.5. The molecular formula is C15H23N7OS. The van der Waals surface area contributed by atoms with Crippen LogP contribution in [0.3, 0.4) is 0 Å². The molecule has 24 heavy (non-hydrogen) atoms. The van der Waals surface area contributed by atoms with E-state index in [1.54, 1.807) is 24.8 Å². The lowest BCUT2D eigenvalue weighted by atomic mass is 10.1. The fraction of sp³-hybridized carbons (Fsp3) is 0.600. The first kappa shape index (κ1) is 16.8. The van der Waals surface area contributed by atoms with Crippen molar-refractivity contribution in [2.75, 3.05) is 49.4 Å². The fourth-order valence-corrected chi connectivity index (χ4v) is 3.51. The van der Waals surface area contributed by atoms with Crippen LogP contribution < -0.4 is 15.1 Å². The van der Waals surface area contributed by atoms with Gasteiger partial charge in [0.2, 0.25) is 5.13 Å². The number of nitrogens with one attached hydrogen (secondary N) is 1. The van der Waals surface area contributed by atoms with E-state index >= 15 is 0 Å². The Kier molecular flexibility index (Phi) is 5.41. The highest BCUT2D eigenvalue weighted by Gasteiger charge is 2.22. The molecule has 0 bridgehead atoms. The maximum atomic E-state index is 5.10. The summed E-state index contributed by atoms with van der Waals surface area (Å²) in [5.74, 6) is 1.79. The van der Waals surface area contributed by atoms with E-state index < -0.39 is 0 Å². The largest absolute Gasteiger partial charge is 0.377 e. The van der Waals surface area contributed by atoms with Crippen molar-refractivity contribution in [3.8, 4) is 0 Å². The van der Waals surface area contributed by atoms with Gasteiger partial charge in [-0.1, -0.05) is 11.3 Å². The Labute approximate surface area is 145 Å². The smallest absolute Gasteiger partial charge is 0.208 e. The minimum Gasteiger partial charge on any atom is -0.377 e. The lowest BCUT2D eigenvalue weighted by molar-refractivity contribution is 0.184. The minimum absolute atomic E-state index is 0.414. The van der Waals surface area contributed by atoms with Crippen molar-refractivity contribution in [1.82, 2.24) is 20.2 Å². The van der Waals surface area contributed by atoms with Crippen molar-refractivity contribution in [3.05, 3.63) is 17.4 Å². The molecule has 0 radical (unpaired) electrons. The van der Waals surface area contributed by atoms with Crippen molar-refractivity contribution >= 4 is 28.1 Å². The average molecular weight is 349 g/mol. The summed E-state index contributed by atoms with van der Waals surface area (Å²) in [6, 6.07) is 2.39. The van der Waals surface area contributed by atoms with Crippen LogP contribution in [0.15, 0.2) is 12.4 Å². The second-order valence-corrected chi connectivity index (χ2v) is 7.01. The third kappa shape index (κ3) is 4.09. The number of ether oxygens (including phenoxy) is 1. The molecule has 130 valence electrons. The first-order valence-corrected chi connectivity index (χ1v) is 8.79. The van der Waals surface area contributed by atoms with Crippen LogP contribution in [0.4, 0.5) is 16.8 Å². The minimum atomic E-state index is 0.414. The second-order valence-electron chi connectivity index (χ2n) is 5.97. The summed E-state index contributed by atoms with van der Waals surface area (Å²) >= 11 is 1.61. The molecule has 9 heteroatoms. The number of methoxy groups -OCH3 is 1. The Balaban J connectivity index is 1.54. The Morgan fingerprint density at radius 1 is 1.29 bits per heavy atom. The molecule has 0 atom stereocenters. The van der Waals surface area contributed by atoms with Crippen LogP contribution in [-0.2, 0) is 11.3 Å². The van der Waals surface area contributed by atoms with Gasteiger partial charge in [-0.15, -0.1) is 10.2 Å². The number of hydrogen-bond donors (Lipinski definition) is 1. The molecule has 0 aromatic carbocycles. The zero-order valence-electron chi connectivity index (χ0n) is 14.3. The van der Waals surface area contributed by atoms with Crippen molar-refractivity contribution in [3.63, 3.8) is 0 Å². The molecule has 2 aromatic heterocycles. The van der Waals surface area contributed by atoms with E-state index in [2.05, 4.69) is 30.4 Å². The Hall–Kier alpha value is -2.00. The molecule has 0 saturated carbocycles. The molecule has 1 N–H and O–H groups in total. The standard InChI is InChI=1S/C15H23N7OS/c1-21(2)13-8-12(16-10-17-13)18-11-4-6-22(7-5-11)15-20-19-14(24-15)9-23-3/h8,10-11H,4-7,9H2,1-3H3,(H,16,17,18). The van der Waals surface area contributed by atoms with Gasteiger partial charge in [0.05, 0.1) is 0 Å². The van der Waals surface area contributed by atoms with Crippen LogP contribution in [0, 0.1) is 0 Å². The topological polar surface area (TPSA) is 79.3 Å². The summed E-state index contributed by atoms with van der Waals surface area (Å²) < 4.78 is 5.10. The van der Waals surface area contributed by atoms with Crippen molar-refractivity contribution < 1.29 is 4.74 Å². The van der Waals surface area contributed by atoms with Gasteiger partial charge in [-0.05, 0) is 12.8 Å². The number of nitrogens with zero attached hydrogens (tertiary/aromatic N) is 6. The summed E-state index contributed by atoms with van der Waals surface area (Å²) in [5.41, 5.74) is 0. The third-order valence-corrected chi connectivity index (χ3v) is 4.91.